The monoisotopic (exact) mass is 315 g/mol. The molecule has 1 aliphatic heterocycles. The number of halogens is 1. The molecule has 2 heterocycles. The van der Waals surface area contributed by atoms with Gasteiger partial charge < -0.3 is 14.7 Å². The molecule has 0 radical (unpaired) electrons. The van der Waals surface area contributed by atoms with Gasteiger partial charge in [0.15, 0.2) is 5.82 Å². The average Bonchev–Trinajstić information content (AvgIpc) is 3.20. The molecule has 0 atom stereocenters. The quantitative estimate of drug-likeness (QED) is 0.838. The standard InChI is InChI=1S/C13H21N5O2.ClH/c1-17(9-12(19)18-6-4-14-5-7-18)8-11-15-13(16-20-11)10-2-3-10;/h10,14H,2-9H2,1H3;1H. The fourth-order valence-electron chi connectivity index (χ4n) is 2.37. The second kappa shape index (κ2) is 7.20. The maximum Gasteiger partial charge on any atom is 0.240 e. The zero-order chi connectivity index (χ0) is 13.9. The van der Waals surface area contributed by atoms with Crippen LogP contribution in [-0.4, -0.2) is 65.6 Å². The van der Waals surface area contributed by atoms with Crippen molar-refractivity contribution < 1.29 is 9.32 Å². The summed E-state index contributed by atoms with van der Waals surface area (Å²) in [5.41, 5.74) is 0. The Morgan fingerprint density at radius 3 is 2.81 bits per heavy atom. The van der Waals surface area contributed by atoms with Gasteiger partial charge in [0.25, 0.3) is 0 Å². The van der Waals surface area contributed by atoms with Crippen molar-refractivity contribution in [1.82, 2.24) is 25.3 Å². The minimum absolute atomic E-state index is 0. The van der Waals surface area contributed by atoms with Gasteiger partial charge in [0.05, 0.1) is 13.1 Å². The molecule has 8 heteroatoms. The van der Waals surface area contributed by atoms with Gasteiger partial charge in [0, 0.05) is 32.1 Å². The number of hydrogen-bond donors (Lipinski definition) is 1. The average molecular weight is 316 g/mol. The van der Waals surface area contributed by atoms with Gasteiger partial charge >= 0.3 is 0 Å². The van der Waals surface area contributed by atoms with Crippen LogP contribution in [0.5, 0.6) is 0 Å². The van der Waals surface area contributed by atoms with Gasteiger partial charge in [-0.1, -0.05) is 5.16 Å². The molecule has 1 N–H and O–H groups in total. The zero-order valence-corrected chi connectivity index (χ0v) is 13.1. The first-order chi connectivity index (χ1) is 9.72. The van der Waals surface area contributed by atoms with Gasteiger partial charge in [-0.3, -0.25) is 9.69 Å². The summed E-state index contributed by atoms with van der Waals surface area (Å²) in [4.78, 5) is 20.3. The lowest BCUT2D eigenvalue weighted by Gasteiger charge is -2.28. The van der Waals surface area contributed by atoms with E-state index in [-0.39, 0.29) is 18.3 Å². The molecule has 0 spiro atoms. The number of rotatable bonds is 5. The van der Waals surface area contributed by atoms with E-state index in [9.17, 15) is 4.79 Å². The van der Waals surface area contributed by atoms with Crippen LogP contribution in [0.4, 0.5) is 0 Å². The Balaban J connectivity index is 0.00000161. The zero-order valence-electron chi connectivity index (χ0n) is 12.2. The molecule has 7 nitrogen and oxygen atoms in total. The minimum Gasteiger partial charge on any atom is -0.339 e. The number of carbonyl (C=O) groups is 1. The lowest BCUT2D eigenvalue weighted by Crippen LogP contribution is -2.49. The third kappa shape index (κ3) is 4.39. The Bertz CT molecular complexity index is 471. The van der Waals surface area contributed by atoms with E-state index in [1.54, 1.807) is 0 Å². The molecular weight excluding hydrogens is 294 g/mol. The highest BCUT2D eigenvalue weighted by Gasteiger charge is 2.29. The maximum absolute atomic E-state index is 12.1. The highest BCUT2D eigenvalue weighted by molar-refractivity contribution is 5.85. The van der Waals surface area contributed by atoms with Crippen LogP contribution >= 0.6 is 12.4 Å². The van der Waals surface area contributed by atoms with E-state index in [2.05, 4.69) is 15.5 Å². The fourth-order valence-corrected chi connectivity index (χ4v) is 2.37. The van der Waals surface area contributed by atoms with Crippen LogP contribution in [0.15, 0.2) is 4.52 Å². The normalized spacial score (nSPS) is 18.7. The van der Waals surface area contributed by atoms with Crippen molar-refractivity contribution in [3.8, 4) is 0 Å². The van der Waals surface area contributed by atoms with E-state index in [4.69, 9.17) is 4.52 Å². The number of nitrogens with one attached hydrogen (secondary N) is 1. The molecule has 0 bridgehead atoms. The van der Waals surface area contributed by atoms with Crippen molar-refractivity contribution >= 4 is 18.3 Å². The molecule has 1 aromatic rings. The molecule has 1 saturated heterocycles. The lowest BCUT2D eigenvalue weighted by atomic mass is 10.3. The molecule has 3 rings (SSSR count). The van der Waals surface area contributed by atoms with Crippen LogP contribution in [0.2, 0.25) is 0 Å². The Kier molecular flexibility index (Phi) is 5.55. The second-order valence-electron chi connectivity index (χ2n) is 5.62. The van der Waals surface area contributed by atoms with Crippen molar-refractivity contribution in [1.29, 1.82) is 0 Å². The summed E-state index contributed by atoms with van der Waals surface area (Å²) in [7, 11) is 1.90. The number of amides is 1. The smallest absolute Gasteiger partial charge is 0.240 e. The molecule has 2 aliphatic rings. The van der Waals surface area contributed by atoms with Crippen LogP contribution in [0.25, 0.3) is 0 Å². The Morgan fingerprint density at radius 1 is 1.43 bits per heavy atom. The Hall–Kier alpha value is -1.18. The van der Waals surface area contributed by atoms with Gasteiger partial charge in [0.2, 0.25) is 11.8 Å². The topological polar surface area (TPSA) is 74.5 Å². The molecule has 118 valence electrons. The molecule has 2 fully saturated rings. The summed E-state index contributed by atoms with van der Waals surface area (Å²) in [5, 5.41) is 7.23. The van der Waals surface area contributed by atoms with E-state index >= 15 is 0 Å². The first-order valence-electron chi connectivity index (χ1n) is 7.22. The summed E-state index contributed by atoms with van der Waals surface area (Å²) in [5.74, 6) is 2.08. The molecule has 1 amide bonds. The van der Waals surface area contributed by atoms with Gasteiger partial charge in [0.1, 0.15) is 0 Å². The highest BCUT2D eigenvalue weighted by atomic mass is 35.5. The van der Waals surface area contributed by atoms with Crippen LogP contribution < -0.4 is 5.32 Å². The number of nitrogens with zero attached hydrogens (tertiary/aromatic N) is 4. The predicted molar refractivity (Wildman–Crippen MR) is 79.3 cm³/mol. The first-order valence-corrected chi connectivity index (χ1v) is 7.22. The predicted octanol–water partition coefficient (Wildman–Crippen LogP) is 0.232. The lowest BCUT2D eigenvalue weighted by molar-refractivity contribution is -0.132. The fraction of sp³-hybridized carbons (Fsp3) is 0.769. The summed E-state index contributed by atoms with van der Waals surface area (Å²) in [6, 6.07) is 0. The van der Waals surface area contributed by atoms with E-state index < -0.39 is 0 Å². The molecule has 21 heavy (non-hydrogen) atoms. The molecule has 1 saturated carbocycles. The first kappa shape index (κ1) is 16.2. The van der Waals surface area contributed by atoms with Gasteiger partial charge in [-0.15, -0.1) is 12.4 Å². The van der Waals surface area contributed by atoms with Crippen molar-refractivity contribution in [2.75, 3.05) is 39.8 Å². The molecule has 0 aromatic carbocycles. The second-order valence-corrected chi connectivity index (χ2v) is 5.62. The van der Waals surface area contributed by atoms with E-state index in [0.717, 1.165) is 44.8 Å². The Labute approximate surface area is 130 Å². The number of piperazine rings is 1. The number of aromatic nitrogens is 2. The third-order valence-corrected chi connectivity index (χ3v) is 3.71. The highest BCUT2D eigenvalue weighted by Crippen LogP contribution is 2.38. The van der Waals surface area contributed by atoms with Crippen LogP contribution in [0, 0.1) is 0 Å². The molecular formula is C13H22ClN5O2. The van der Waals surface area contributed by atoms with Crippen LogP contribution in [0.1, 0.15) is 30.5 Å². The van der Waals surface area contributed by atoms with Crippen molar-refractivity contribution in [2.24, 2.45) is 0 Å². The molecule has 0 unspecified atom stereocenters. The van der Waals surface area contributed by atoms with Gasteiger partial charge in [-0.05, 0) is 19.9 Å². The van der Waals surface area contributed by atoms with Gasteiger partial charge in [-0.2, -0.15) is 4.98 Å². The van der Waals surface area contributed by atoms with Crippen LogP contribution in [-0.2, 0) is 11.3 Å². The summed E-state index contributed by atoms with van der Waals surface area (Å²) < 4.78 is 5.23. The summed E-state index contributed by atoms with van der Waals surface area (Å²) in [6.45, 7) is 4.25. The van der Waals surface area contributed by atoms with E-state index in [1.807, 2.05) is 16.8 Å². The number of hydrogen-bond acceptors (Lipinski definition) is 6. The van der Waals surface area contributed by atoms with Gasteiger partial charge in [-0.25, -0.2) is 0 Å². The number of carbonyl (C=O) groups excluding carboxylic acids is 1. The molecule has 1 aromatic heterocycles. The van der Waals surface area contributed by atoms with E-state index in [1.165, 1.54) is 0 Å². The van der Waals surface area contributed by atoms with Crippen molar-refractivity contribution in [2.45, 2.75) is 25.3 Å². The van der Waals surface area contributed by atoms with Crippen molar-refractivity contribution in [3.05, 3.63) is 11.7 Å². The third-order valence-electron chi connectivity index (χ3n) is 3.71. The van der Waals surface area contributed by atoms with Crippen molar-refractivity contribution in [3.63, 3.8) is 0 Å². The summed E-state index contributed by atoms with van der Waals surface area (Å²) >= 11 is 0. The van der Waals surface area contributed by atoms with E-state index in [0.29, 0.717) is 24.9 Å². The Morgan fingerprint density at radius 2 is 2.14 bits per heavy atom. The maximum atomic E-state index is 12.1. The number of likely N-dealkylation sites (N-methyl/N-ethyl adjacent to an activating group) is 1. The minimum atomic E-state index is 0. The van der Waals surface area contributed by atoms with Crippen LogP contribution in [0.3, 0.4) is 0 Å². The molecule has 1 aliphatic carbocycles. The SMILES string of the molecule is CN(CC(=O)N1CCNCC1)Cc1nc(C2CC2)no1.Cl. The largest absolute Gasteiger partial charge is 0.339 e. The summed E-state index contributed by atoms with van der Waals surface area (Å²) in [6.07, 6.45) is 2.33.